The molecule has 0 aliphatic carbocycles. The molecule has 2 rings (SSSR count). The quantitative estimate of drug-likeness (QED) is 0.592. The molecule has 0 radical (unpaired) electrons. The van der Waals surface area contributed by atoms with Gasteiger partial charge in [0.25, 0.3) is 0 Å². The highest BCUT2D eigenvalue weighted by Crippen LogP contribution is 2.09. The molecule has 0 N–H and O–H groups in total. The summed E-state index contributed by atoms with van der Waals surface area (Å²) in [5.74, 6) is 0. The summed E-state index contributed by atoms with van der Waals surface area (Å²) in [5.41, 5.74) is 2.72. The molecule has 2 aromatic rings. The Morgan fingerprint density at radius 1 is 1.35 bits per heavy atom. The molecule has 0 spiro atoms. The van der Waals surface area contributed by atoms with Crippen molar-refractivity contribution in [3.63, 3.8) is 0 Å². The van der Waals surface area contributed by atoms with E-state index in [-0.39, 0.29) is 0 Å². The molecule has 4 nitrogen and oxygen atoms in total. The van der Waals surface area contributed by atoms with Crippen LogP contribution in [-0.4, -0.2) is 21.3 Å². The molecular weight excluding hydrogens is 214 g/mol. The van der Waals surface area contributed by atoms with Crippen molar-refractivity contribution in [2.24, 2.45) is 0 Å². The standard InChI is InChI=1S/C13H13N3O/c1-11(7-8-17)13-10-16(15-14-13)9-12-5-3-2-4-6-12/h2-8,10H,9H2,1H3/b11-7+. The first kappa shape index (κ1) is 11.3. The lowest BCUT2D eigenvalue weighted by Crippen LogP contribution is -1.99. The number of rotatable bonds is 4. The Morgan fingerprint density at radius 3 is 2.82 bits per heavy atom. The minimum Gasteiger partial charge on any atom is -0.299 e. The van der Waals surface area contributed by atoms with E-state index in [4.69, 9.17) is 0 Å². The SMILES string of the molecule is C/C(=C\C=O)c1cn(Cc2ccccc2)nn1. The van der Waals surface area contributed by atoms with Crippen LogP contribution in [-0.2, 0) is 11.3 Å². The van der Waals surface area contributed by atoms with Gasteiger partial charge in [0.15, 0.2) is 0 Å². The van der Waals surface area contributed by atoms with E-state index in [1.54, 1.807) is 4.68 Å². The van der Waals surface area contributed by atoms with Crippen molar-refractivity contribution in [1.29, 1.82) is 0 Å². The summed E-state index contributed by atoms with van der Waals surface area (Å²) in [6.07, 6.45) is 4.07. The normalized spacial score (nSPS) is 11.5. The number of aldehydes is 1. The Bertz CT molecular complexity index is 529. The number of aromatic nitrogens is 3. The van der Waals surface area contributed by atoms with Gasteiger partial charge >= 0.3 is 0 Å². The third-order valence-electron chi connectivity index (χ3n) is 2.45. The van der Waals surface area contributed by atoms with Gasteiger partial charge in [0.2, 0.25) is 0 Å². The highest BCUT2D eigenvalue weighted by atomic mass is 16.1. The summed E-state index contributed by atoms with van der Waals surface area (Å²) in [6, 6.07) is 10.0. The third kappa shape index (κ3) is 2.87. The topological polar surface area (TPSA) is 47.8 Å². The van der Waals surface area contributed by atoms with Gasteiger partial charge in [-0.25, -0.2) is 4.68 Å². The number of hydrogen-bond donors (Lipinski definition) is 0. The molecule has 1 aromatic carbocycles. The van der Waals surface area contributed by atoms with Crippen LogP contribution >= 0.6 is 0 Å². The molecule has 0 fully saturated rings. The lowest BCUT2D eigenvalue weighted by atomic mass is 10.2. The summed E-state index contributed by atoms with van der Waals surface area (Å²) in [5, 5.41) is 8.04. The first-order valence-corrected chi connectivity index (χ1v) is 5.36. The number of benzene rings is 1. The highest BCUT2D eigenvalue weighted by Gasteiger charge is 2.02. The fraction of sp³-hybridized carbons (Fsp3) is 0.154. The maximum atomic E-state index is 10.4. The number of carbonyl (C=O) groups is 1. The van der Waals surface area contributed by atoms with Crippen molar-refractivity contribution in [2.75, 3.05) is 0 Å². The number of allylic oxidation sites excluding steroid dienone is 2. The van der Waals surface area contributed by atoms with Crippen molar-refractivity contribution in [3.8, 4) is 0 Å². The largest absolute Gasteiger partial charge is 0.299 e. The molecule has 1 heterocycles. The van der Waals surface area contributed by atoms with Gasteiger partial charge in [-0.3, -0.25) is 4.79 Å². The van der Waals surface area contributed by atoms with Gasteiger partial charge in [0.05, 0.1) is 12.7 Å². The van der Waals surface area contributed by atoms with Crippen LogP contribution in [0.1, 0.15) is 18.2 Å². The van der Waals surface area contributed by atoms with Crippen molar-refractivity contribution in [3.05, 3.63) is 53.9 Å². The Hall–Kier alpha value is -2.23. The predicted octanol–water partition coefficient (Wildman–Crippen LogP) is 1.93. The van der Waals surface area contributed by atoms with E-state index in [1.165, 1.54) is 11.6 Å². The van der Waals surface area contributed by atoms with Crippen LogP contribution in [0.4, 0.5) is 0 Å². The molecule has 17 heavy (non-hydrogen) atoms. The molecule has 0 atom stereocenters. The molecule has 1 aromatic heterocycles. The Balaban J connectivity index is 2.14. The van der Waals surface area contributed by atoms with E-state index in [2.05, 4.69) is 10.3 Å². The zero-order valence-corrected chi connectivity index (χ0v) is 9.58. The van der Waals surface area contributed by atoms with Crippen LogP contribution in [0.5, 0.6) is 0 Å². The Morgan fingerprint density at radius 2 is 2.12 bits per heavy atom. The minimum absolute atomic E-state index is 0.683. The van der Waals surface area contributed by atoms with Gasteiger partial charge in [-0.05, 0) is 24.1 Å². The second-order valence-electron chi connectivity index (χ2n) is 3.77. The molecule has 0 amide bonds. The van der Waals surface area contributed by atoms with E-state index in [0.717, 1.165) is 17.6 Å². The van der Waals surface area contributed by atoms with Gasteiger partial charge in [-0.1, -0.05) is 35.5 Å². The van der Waals surface area contributed by atoms with Gasteiger partial charge in [-0.15, -0.1) is 5.10 Å². The van der Waals surface area contributed by atoms with Crippen LogP contribution < -0.4 is 0 Å². The van der Waals surface area contributed by atoms with Crippen LogP contribution in [0.15, 0.2) is 42.6 Å². The molecule has 0 saturated carbocycles. The smallest absolute Gasteiger partial charge is 0.143 e. The molecule has 0 saturated heterocycles. The van der Waals surface area contributed by atoms with Crippen LogP contribution in [0, 0.1) is 0 Å². The zero-order chi connectivity index (χ0) is 12.1. The zero-order valence-electron chi connectivity index (χ0n) is 9.58. The first-order chi connectivity index (χ1) is 8.29. The van der Waals surface area contributed by atoms with Gasteiger partial charge < -0.3 is 0 Å². The average molecular weight is 227 g/mol. The number of nitrogens with zero attached hydrogens (tertiary/aromatic N) is 3. The Labute approximate surface area is 99.6 Å². The lowest BCUT2D eigenvalue weighted by Gasteiger charge is -1.99. The fourth-order valence-corrected chi connectivity index (χ4v) is 1.51. The monoisotopic (exact) mass is 227 g/mol. The van der Waals surface area contributed by atoms with Crippen LogP contribution in [0.2, 0.25) is 0 Å². The van der Waals surface area contributed by atoms with Crippen molar-refractivity contribution >= 4 is 11.9 Å². The van der Waals surface area contributed by atoms with Crippen LogP contribution in [0.25, 0.3) is 5.57 Å². The highest BCUT2D eigenvalue weighted by molar-refractivity contribution is 5.79. The van der Waals surface area contributed by atoms with Crippen molar-refractivity contribution in [2.45, 2.75) is 13.5 Å². The molecule has 4 heteroatoms. The van der Waals surface area contributed by atoms with Gasteiger partial charge in [0.1, 0.15) is 12.0 Å². The van der Waals surface area contributed by atoms with E-state index in [9.17, 15) is 4.79 Å². The fourth-order valence-electron chi connectivity index (χ4n) is 1.51. The predicted molar refractivity (Wildman–Crippen MR) is 65.3 cm³/mol. The minimum atomic E-state index is 0.683. The lowest BCUT2D eigenvalue weighted by molar-refractivity contribution is -0.104. The molecule has 0 aliphatic rings. The number of carbonyl (C=O) groups excluding carboxylic acids is 1. The van der Waals surface area contributed by atoms with Crippen molar-refractivity contribution in [1.82, 2.24) is 15.0 Å². The summed E-state index contributed by atoms with van der Waals surface area (Å²) < 4.78 is 1.76. The second kappa shape index (κ2) is 5.21. The molecule has 86 valence electrons. The maximum Gasteiger partial charge on any atom is 0.143 e. The molecular formula is C13H13N3O. The molecule has 0 unspecified atom stereocenters. The maximum absolute atomic E-state index is 10.4. The molecule has 0 bridgehead atoms. The summed E-state index contributed by atoms with van der Waals surface area (Å²) in [6.45, 7) is 2.52. The van der Waals surface area contributed by atoms with Gasteiger partial charge in [0, 0.05) is 0 Å². The Kier molecular flexibility index (Phi) is 3.45. The summed E-state index contributed by atoms with van der Waals surface area (Å²) >= 11 is 0. The second-order valence-corrected chi connectivity index (χ2v) is 3.77. The van der Waals surface area contributed by atoms with Gasteiger partial charge in [-0.2, -0.15) is 0 Å². The first-order valence-electron chi connectivity index (χ1n) is 5.36. The number of hydrogen-bond acceptors (Lipinski definition) is 3. The van der Waals surface area contributed by atoms with Crippen molar-refractivity contribution < 1.29 is 4.79 Å². The van der Waals surface area contributed by atoms with Crippen LogP contribution in [0.3, 0.4) is 0 Å². The summed E-state index contributed by atoms with van der Waals surface area (Å²) in [7, 11) is 0. The third-order valence-corrected chi connectivity index (χ3v) is 2.45. The average Bonchev–Trinajstić information content (AvgIpc) is 2.79. The summed E-state index contributed by atoms with van der Waals surface area (Å²) in [4.78, 5) is 10.4. The molecule has 0 aliphatic heterocycles. The van der Waals surface area contributed by atoms with E-state index in [0.29, 0.717) is 6.54 Å². The van der Waals surface area contributed by atoms with E-state index < -0.39 is 0 Å². The van der Waals surface area contributed by atoms with E-state index in [1.807, 2.05) is 43.5 Å². The van der Waals surface area contributed by atoms with E-state index >= 15 is 0 Å².